The molecule has 0 aliphatic heterocycles. The first-order valence-corrected chi connectivity index (χ1v) is 6.17. The lowest BCUT2D eigenvalue weighted by atomic mass is 10.1. The molecule has 1 fully saturated rings. The van der Waals surface area contributed by atoms with E-state index in [-0.39, 0.29) is 5.91 Å². The molecule has 1 aliphatic carbocycles. The lowest BCUT2D eigenvalue weighted by Gasteiger charge is -2.12. The smallest absolute Gasteiger partial charge is 0.408 e. The molecule has 6 heteroatoms. The van der Waals surface area contributed by atoms with Gasteiger partial charge in [-0.1, -0.05) is 0 Å². The molecule has 19 heavy (non-hydrogen) atoms. The Balaban J connectivity index is 1.91. The molecule has 0 spiro atoms. The minimum atomic E-state index is -0.418. The average molecular weight is 261 g/mol. The number of nitrogens with two attached hydrogens (primary N) is 1. The Morgan fingerprint density at radius 3 is 2.89 bits per heavy atom. The number of aryl methyl sites for hydroxylation is 1. The molecule has 3 rings (SSSR count). The highest BCUT2D eigenvalue weighted by molar-refractivity contribution is 5.98. The van der Waals surface area contributed by atoms with Crippen LogP contribution in [-0.2, 0) is 11.8 Å². The fourth-order valence-corrected chi connectivity index (χ4v) is 2.14. The predicted molar refractivity (Wildman–Crippen MR) is 70.8 cm³/mol. The quantitative estimate of drug-likeness (QED) is 0.855. The zero-order chi connectivity index (χ0) is 13.6. The van der Waals surface area contributed by atoms with Crippen molar-refractivity contribution in [3.8, 4) is 0 Å². The van der Waals surface area contributed by atoms with Gasteiger partial charge in [-0.25, -0.2) is 4.79 Å². The van der Waals surface area contributed by atoms with Crippen LogP contribution >= 0.6 is 0 Å². The van der Waals surface area contributed by atoms with E-state index in [2.05, 4.69) is 5.32 Å². The Hall–Kier alpha value is -2.08. The van der Waals surface area contributed by atoms with Gasteiger partial charge in [0.1, 0.15) is 0 Å². The minimum absolute atomic E-state index is 0.0529. The minimum Gasteiger partial charge on any atom is -0.408 e. The summed E-state index contributed by atoms with van der Waals surface area (Å²) < 4.78 is 6.44. The van der Waals surface area contributed by atoms with E-state index in [4.69, 9.17) is 10.2 Å². The number of carbonyl (C=O) groups excluding carboxylic acids is 1. The van der Waals surface area contributed by atoms with Crippen LogP contribution in [0.2, 0.25) is 0 Å². The number of nitrogens with one attached hydrogen (secondary N) is 1. The average Bonchev–Trinajstić information content (AvgIpc) is 3.15. The first-order chi connectivity index (χ1) is 9.05. The second kappa shape index (κ2) is 3.96. The lowest BCUT2D eigenvalue weighted by molar-refractivity contribution is -0.120. The number of fused-ring (bicyclic) bond motifs is 1. The topological polar surface area (TPSA) is 90.3 Å². The van der Waals surface area contributed by atoms with Crippen molar-refractivity contribution in [1.82, 2.24) is 4.57 Å². The van der Waals surface area contributed by atoms with Crippen molar-refractivity contribution < 1.29 is 9.21 Å². The summed E-state index contributed by atoms with van der Waals surface area (Å²) in [6.07, 6.45) is 1.67. The second-order valence-electron chi connectivity index (χ2n) is 5.05. The largest absolute Gasteiger partial charge is 0.419 e. The fraction of sp³-hybridized carbons (Fsp3) is 0.385. The van der Waals surface area contributed by atoms with Crippen LogP contribution in [0.3, 0.4) is 0 Å². The van der Waals surface area contributed by atoms with Gasteiger partial charge in [-0.05, 0) is 31.0 Å². The highest BCUT2D eigenvalue weighted by Crippen LogP contribution is 2.45. The molecular weight excluding hydrogens is 246 g/mol. The van der Waals surface area contributed by atoms with Crippen LogP contribution in [-0.4, -0.2) is 17.0 Å². The zero-order valence-electron chi connectivity index (χ0n) is 10.6. The van der Waals surface area contributed by atoms with Gasteiger partial charge in [-0.3, -0.25) is 9.36 Å². The van der Waals surface area contributed by atoms with E-state index in [0.717, 1.165) is 12.8 Å². The van der Waals surface area contributed by atoms with Crippen LogP contribution < -0.4 is 16.8 Å². The molecule has 0 bridgehead atoms. The molecule has 1 saturated carbocycles. The second-order valence-corrected chi connectivity index (χ2v) is 5.05. The maximum atomic E-state index is 12.1. The summed E-state index contributed by atoms with van der Waals surface area (Å²) in [5.74, 6) is -0.470. The number of hydrogen-bond acceptors (Lipinski definition) is 4. The molecule has 0 unspecified atom stereocenters. The van der Waals surface area contributed by atoms with Gasteiger partial charge in [0.2, 0.25) is 5.91 Å². The molecule has 1 aromatic heterocycles. The van der Waals surface area contributed by atoms with E-state index in [1.54, 1.807) is 25.2 Å². The summed E-state index contributed by atoms with van der Waals surface area (Å²) in [6.45, 7) is 0.366. The lowest BCUT2D eigenvalue weighted by Crippen LogP contribution is -2.30. The van der Waals surface area contributed by atoms with Gasteiger partial charge in [0.15, 0.2) is 5.58 Å². The summed E-state index contributed by atoms with van der Waals surface area (Å²) in [4.78, 5) is 23.5. The van der Waals surface area contributed by atoms with E-state index in [1.807, 2.05) is 0 Å². The Kier molecular flexibility index (Phi) is 2.50. The predicted octanol–water partition coefficient (Wildman–Crippen LogP) is 0.809. The van der Waals surface area contributed by atoms with Gasteiger partial charge < -0.3 is 15.5 Å². The first kappa shape index (κ1) is 12.0. The molecule has 100 valence electrons. The van der Waals surface area contributed by atoms with Crippen molar-refractivity contribution in [1.29, 1.82) is 0 Å². The molecule has 3 N–H and O–H groups in total. The third kappa shape index (κ3) is 1.84. The molecule has 0 radical (unpaired) electrons. The van der Waals surface area contributed by atoms with Gasteiger partial charge in [-0.15, -0.1) is 0 Å². The van der Waals surface area contributed by atoms with Crippen molar-refractivity contribution in [2.24, 2.45) is 18.2 Å². The summed E-state index contributed by atoms with van der Waals surface area (Å²) in [5, 5.41) is 2.85. The van der Waals surface area contributed by atoms with Crippen LogP contribution in [0.25, 0.3) is 11.1 Å². The molecular formula is C13H15N3O3. The van der Waals surface area contributed by atoms with E-state index in [1.165, 1.54) is 4.57 Å². The number of benzene rings is 1. The van der Waals surface area contributed by atoms with Gasteiger partial charge in [-0.2, -0.15) is 0 Å². The van der Waals surface area contributed by atoms with Crippen molar-refractivity contribution in [3.05, 3.63) is 28.7 Å². The number of anilines is 1. The molecule has 0 atom stereocenters. The Morgan fingerprint density at radius 2 is 2.26 bits per heavy atom. The van der Waals surface area contributed by atoms with Crippen LogP contribution in [0.1, 0.15) is 12.8 Å². The van der Waals surface area contributed by atoms with Crippen LogP contribution in [0, 0.1) is 5.41 Å². The maximum absolute atomic E-state index is 12.1. The fourth-order valence-electron chi connectivity index (χ4n) is 2.14. The monoisotopic (exact) mass is 261 g/mol. The Labute approximate surface area is 109 Å². The van der Waals surface area contributed by atoms with Gasteiger partial charge in [0.25, 0.3) is 0 Å². The van der Waals surface area contributed by atoms with Crippen LogP contribution in [0.5, 0.6) is 0 Å². The van der Waals surface area contributed by atoms with E-state index >= 15 is 0 Å². The summed E-state index contributed by atoms with van der Waals surface area (Å²) in [5.41, 5.74) is 7.03. The normalized spacial score (nSPS) is 16.5. The van der Waals surface area contributed by atoms with Crippen LogP contribution in [0.4, 0.5) is 5.69 Å². The summed E-state index contributed by atoms with van der Waals surface area (Å²) in [6, 6.07) is 5.12. The molecule has 6 nitrogen and oxygen atoms in total. The molecule has 1 heterocycles. The number of nitrogens with zero attached hydrogens (tertiary/aromatic N) is 1. The summed E-state index contributed by atoms with van der Waals surface area (Å²) in [7, 11) is 1.63. The molecule has 2 aromatic rings. The standard InChI is InChI=1S/C13H15N3O3/c1-16-9-6-8(2-3-10(9)19-12(16)18)15-11(17)13(7-14)4-5-13/h2-3,6H,4-5,7,14H2,1H3,(H,15,17). The molecule has 1 aromatic carbocycles. The highest BCUT2D eigenvalue weighted by Gasteiger charge is 2.48. The molecule has 1 aliphatic rings. The molecule has 0 saturated heterocycles. The number of carbonyl (C=O) groups is 1. The zero-order valence-corrected chi connectivity index (χ0v) is 10.6. The van der Waals surface area contributed by atoms with E-state index in [0.29, 0.717) is 23.3 Å². The number of amides is 1. The maximum Gasteiger partial charge on any atom is 0.419 e. The van der Waals surface area contributed by atoms with Gasteiger partial charge in [0, 0.05) is 19.3 Å². The van der Waals surface area contributed by atoms with Crippen molar-refractivity contribution in [2.45, 2.75) is 12.8 Å². The van der Waals surface area contributed by atoms with Gasteiger partial charge >= 0.3 is 5.76 Å². The first-order valence-electron chi connectivity index (χ1n) is 6.17. The Morgan fingerprint density at radius 1 is 1.53 bits per heavy atom. The highest BCUT2D eigenvalue weighted by atomic mass is 16.4. The van der Waals surface area contributed by atoms with Crippen molar-refractivity contribution in [3.63, 3.8) is 0 Å². The van der Waals surface area contributed by atoms with Crippen LogP contribution in [0.15, 0.2) is 27.4 Å². The van der Waals surface area contributed by atoms with E-state index < -0.39 is 11.2 Å². The number of hydrogen-bond donors (Lipinski definition) is 2. The summed E-state index contributed by atoms with van der Waals surface area (Å²) >= 11 is 0. The SMILES string of the molecule is Cn1c(=O)oc2ccc(NC(=O)C3(CN)CC3)cc21. The third-order valence-corrected chi connectivity index (χ3v) is 3.78. The number of oxazole rings is 1. The number of rotatable bonds is 3. The molecule has 1 amide bonds. The number of aromatic nitrogens is 1. The van der Waals surface area contributed by atoms with Gasteiger partial charge in [0.05, 0.1) is 10.9 Å². The van der Waals surface area contributed by atoms with Crippen molar-refractivity contribution in [2.75, 3.05) is 11.9 Å². The Bertz CT molecular complexity index is 709. The van der Waals surface area contributed by atoms with E-state index in [9.17, 15) is 9.59 Å². The third-order valence-electron chi connectivity index (χ3n) is 3.78. The van der Waals surface area contributed by atoms with Crippen molar-refractivity contribution >= 4 is 22.7 Å².